The molecule has 0 fully saturated rings. The van der Waals surface area contributed by atoms with Gasteiger partial charge < -0.3 is 19.9 Å². The normalized spacial score (nSPS) is 12.0. The molecule has 0 aliphatic carbocycles. The number of allylic oxidation sites excluding steroid dienone is 6. The predicted molar refractivity (Wildman–Crippen MR) is 277 cm³/mol. The number of quaternary nitrogens is 1. The van der Waals surface area contributed by atoms with Crippen LogP contribution in [0, 0.1) is 0 Å². The molecule has 7 nitrogen and oxygen atoms in total. The molecule has 0 heterocycles. The Labute approximate surface area is 403 Å². The summed E-state index contributed by atoms with van der Waals surface area (Å²) in [5.41, 5.74) is 3.22. The first-order chi connectivity index (χ1) is 31.9. The molecule has 0 aliphatic rings. The molecule has 0 radical (unpaired) electrons. The van der Waals surface area contributed by atoms with E-state index in [0.717, 1.165) is 77.0 Å². The molecule has 0 aromatic carbocycles. The summed E-state index contributed by atoms with van der Waals surface area (Å²) >= 11 is 0. The van der Waals surface area contributed by atoms with Crippen LogP contribution in [0.25, 0.3) is 0 Å². The number of hydrogen-bond donors (Lipinski definition) is 1. The summed E-state index contributed by atoms with van der Waals surface area (Å²) in [6.45, 7) is 6.62. The largest absolute Gasteiger partial charge is 0.459 e. The molecule has 0 amide bonds. The van der Waals surface area contributed by atoms with E-state index in [9.17, 15) is 14.4 Å². The van der Waals surface area contributed by atoms with Crippen molar-refractivity contribution in [1.82, 2.24) is 0 Å². The van der Waals surface area contributed by atoms with Gasteiger partial charge in [0.05, 0.1) is 0 Å². The number of hydrogen-bond acceptors (Lipinski definition) is 6. The first-order valence-corrected chi connectivity index (χ1v) is 28.1. The van der Waals surface area contributed by atoms with E-state index < -0.39 is 5.54 Å². The zero-order valence-electron chi connectivity index (χ0n) is 43.4. The maximum Gasteiger partial charge on any atom is 0.306 e. The minimum Gasteiger partial charge on any atom is -0.459 e. The minimum absolute atomic E-state index is 0.0573. The lowest BCUT2D eigenvalue weighted by Gasteiger charge is -2.25. The summed E-state index contributed by atoms with van der Waals surface area (Å²) < 4.78 is 17.0. The van der Waals surface area contributed by atoms with Crippen LogP contribution in [0.3, 0.4) is 0 Å². The van der Waals surface area contributed by atoms with Crippen LogP contribution in [-0.2, 0) is 28.6 Å². The van der Waals surface area contributed by atoms with Crippen molar-refractivity contribution in [2.45, 2.75) is 296 Å². The van der Waals surface area contributed by atoms with Gasteiger partial charge in [0.2, 0.25) is 0 Å². The Balaban J connectivity index is 4.51. The highest BCUT2D eigenvalue weighted by Gasteiger charge is 2.35. The van der Waals surface area contributed by atoms with Crippen molar-refractivity contribution in [3.05, 3.63) is 36.5 Å². The fourth-order valence-electron chi connectivity index (χ4n) is 8.06. The fraction of sp³-hybridized carbons (Fsp3) is 0.845. The van der Waals surface area contributed by atoms with Gasteiger partial charge >= 0.3 is 17.9 Å². The monoisotopic (exact) mass is 915 g/mol. The van der Waals surface area contributed by atoms with E-state index in [2.05, 4.69) is 63.0 Å². The fourth-order valence-corrected chi connectivity index (χ4v) is 8.06. The quantitative estimate of drug-likeness (QED) is 0.0282. The summed E-state index contributed by atoms with van der Waals surface area (Å²) in [5, 5.41) is 0. The van der Waals surface area contributed by atoms with Crippen molar-refractivity contribution in [3.8, 4) is 0 Å². The summed E-state index contributed by atoms with van der Waals surface area (Å²) in [7, 11) is 0. The van der Waals surface area contributed by atoms with Crippen molar-refractivity contribution >= 4 is 17.9 Å². The van der Waals surface area contributed by atoms with Gasteiger partial charge in [0.25, 0.3) is 0 Å². The van der Waals surface area contributed by atoms with Crippen LogP contribution >= 0.6 is 0 Å². The predicted octanol–water partition coefficient (Wildman–Crippen LogP) is 16.7. The first kappa shape index (κ1) is 62.6. The third-order valence-corrected chi connectivity index (χ3v) is 12.5. The Kier molecular flexibility index (Phi) is 49.1. The molecule has 3 N–H and O–H groups in total. The summed E-state index contributed by atoms with van der Waals surface area (Å²) in [6, 6.07) is 0. The van der Waals surface area contributed by atoms with Crippen LogP contribution < -0.4 is 5.73 Å². The SMILES string of the molecule is CCCCCCCC/C=C/CCCCCCCC(=O)OCC([NH3+])(COC(=O)CCCCCCC/C=C/CCCCCCCC)COC(=O)CCCCCCC/C=C/CCCCCCCC. The molecular weight excluding hydrogens is 807 g/mol. The topological polar surface area (TPSA) is 107 Å². The molecule has 7 heteroatoms. The van der Waals surface area contributed by atoms with Crippen LogP contribution in [0.4, 0.5) is 0 Å². The molecule has 0 aromatic heterocycles. The van der Waals surface area contributed by atoms with Gasteiger partial charge in [0.15, 0.2) is 25.4 Å². The van der Waals surface area contributed by atoms with E-state index in [4.69, 9.17) is 14.2 Å². The molecule has 0 aromatic rings. The summed E-state index contributed by atoms with van der Waals surface area (Å²) in [6.07, 6.45) is 62.0. The van der Waals surface area contributed by atoms with Gasteiger partial charge in [-0.2, -0.15) is 0 Å². The van der Waals surface area contributed by atoms with Crippen molar-refractivity contribution in [2.75, 3.05) is 19.8 Å². The molecule has 0 saturated carbocycles. The van der Waals surface area contributed by atoms with E-state index in [0.29, 0.717) is 19.3 Å². The van der Waals surface area contributed by atoms with Crippen molar-refractivity contribution < 1.29 is 34.3 Å². The van der Waals surface area contributed by atoms with Crippen molar-refractivity contribution in [2.24, 2.45) is 0 Å². The molecule has 0 bridgehead atoms. The molecule has 380 valence electrons. The number of carbonyl (C=O) groups is 3. The smallest absolute Gasteiger partial charge is 0.306 e. The van der Waals surface area contributed by atoms with E-state index >= 15 is 0 Å². The molecular formula is C58H108NO6+. The van der Waals surface area contributed by atoms with Crippen LogP contribution in [0.15, 0.2) is 36.5 Å². The Bertz CT molecular complexity index is 995. The van der Waals surface area contributed by atoms with Crippen LogP contribution in [0.1, 0.15) is 290 Å². The average molecular weight is 916 g/mol. The van der Waals surface area contributed by atoms with E-state index in [1.165, 1.54) is 173 Å². The second-order valence-electron chi connectivity index (χ2n) is 19.5. The van der Waals surface area contributed by atoms with E-state index in [1.54, 1.807) is 0 Å². The summed E-state index contributed by atoms with van der Waals surface area (Å²) in [5.74, 6) is -0.848. The van der Waals surface area contributed by atoms with E-state index in [-0.39, 0.29) is 37.7 Å². The zero-order chi connectivity index (χ0) is 47.4. The maximum absolute atomic E-state index is 12.8. The standard InChI is InChI=1S/C58H107NO6/c1-4-7-10-13-16-19-22-25-28-31-34-37-40-43-46-49-55(60)63-52-58(59,53-64-56(61)50-47-44-41-38-35-32-29-26-23-20-17-14-11-8-5-2)54-65-57(62)51-48-45-42-39-36-33-30-27-24-21-18-15-12-9-6-3/h25-30H,4-24,31-54,59H2,1-3H3/p+1/b28-25+,29-26+,30-27+. The third-order valence-electron chi connectivity index (χ3n) is 12.5. The van der Waals surface area contributed by atoms with Crippen LogP contribution in [0.2, 0.25) is 0 Å². The van der Waals surface area contributed by atoms with E-state index in [1.807, 2.05) is 0 Å². The summed E-state index contributed by atoms with van der Waals surface area (Å²) in [4.78, 5) is 38.3. The highest BCUT2D eigenvalue weighted by Crippen LogP contribution is 2.15. The van der Waals surface area contributed by atoms with Gasteiger partial charge in [-0.1, -0.05) is 211 Å². The third kappa shape index (κ3) is 49.3. The van der Waals surface area contributed by atoms with Gasteiger partial charge in [-0.3, -0.25) is 14.4 Å². The van der Waals surface area contributed by atoms with Gasteiger partial charge in [0.1, 0.15) is 0 Å². The average Bonchev–Trinajstić information content (AvgIpc) is 3.30. The number of rotatable bonds is 51. The van der Waals surface area contributed by atoms with Crippen molar-refractivity contribution in [3.63, 3.8) is 0 Å². The highest BCUT2D eigenvalue weighted by atomic mass is 16.6. The molecule has 0 aliphatic heterocycles. The Morgan fingerprint density at radius 2 is 0.492 bits per heavy atom. The lowest BCUT2D eigenvalue weighted by atomic mass is 10.0. The zero-order valence-corrected chi connectivity index (χ0v) is 43.4. The Hall–Kier alpha value is -2.41. The number of ether oxygens (including phenoxy) is 3. The second kappa shape index (κ2) is 51.0. The Morgan fingerprint density at radius 1 is 0.308 bits per heavy atom. The first-order valence-electron chi connectivity index (χ1n) is 28.1. The molecule has 0 unspecified atom stereocenters. The van der Waals surface area contributed by atoms with Crippen LogP contribution in [0.5, 0.6) is 0 Å². The van der Waals surface area contributed by atoms with Gasteiger partial charge in [-0.25, -0.2) is 0 Å². The lowest BCUT2D eigenvalue weighted by Crippen LogP contribution is -2.79. The molecule has 0 rings (SSSR count). The Morgan fingerprint density at radius 3 is 0.708 bits per heavy atom. The van der Waals surface area contributed by atoms with Gasteiger partial charge in [-0.15, -0.1) is 0 Å². The number of carbonyl (C=O) groups excluding carboxylic acids is 3. The lowest BCUT2D eigenvalue weighted by molar-refractivity contribution is -0.494. The van der Waals surface area contributed by atoms with Gasteiger partial charge in [-0.05, 0) is 96.3 Å². The number of esters is 3. The molecule has 65 heavy (non-hydrogen) atoms. The highest BCUT2D eigenvalue weighted by molar-refractivity contribution is 5.70. The van der Waals surface area contributed by atoms with Crippen molar-refractivity contribution in [1.29, 1.82) is 0 Å². The molecule has 0 atom stereocenters. The number of unbranched alkanes of at least 4 members (excludes halogenated alkanes) is 33. The minimum atomic E-state index is -1.05. The second-order valence-corrected chi connectivity index (χ2v) is 19.5. The maximum atomic E-state index is 12.8. The van der Waals surface area contributed by atoms with Gasteiger partial charge in [0, 0.05) is 19.3 Å². The molecule has 0 spiro atoms. The van der Waals surface area contributed by atoms with Crippen LogP contribution in [-0.4, -0.2) is 43.3 Å². The molecule has 0 saturated heterocycles.